The first-order chi connectivity index (χ1) is 20.3. The summed E-state index contributed by atoms with van der Waals surface area (Å²) in [6, 6.07) is 13.2. The maximum atomic E-state index is 14.8. The van der Waals surface area contributed by atoms with Crippen LogP contribution in [0.4, 0.5) is 5.69 Å². The van der Waals surface area contributed by atoms with Gasteiger partial charge in [0.05, 0.1) is 37.2 Å². The number of hydrogen-bond acceptors (Lipinski definition) is 6. The molecule has 8 nitrogen and oxygen atoms in total. The van der Waals surface area contributed by atoms with E-state index < -0.39 is 48.2 Å². The van der Waals surface area contributed by atoms with Gasteiger partial charge in [-0.15, -0.1) is 13.2 Å². The molecule has 0 radical (unpaired) electrons. The fourth-order valence-corrected chi connectivity index (χ4v) is 7.09. The van der Waals surface area contributed by atoms with Crippen LogP contribution in [-0.2, 0) is 23.9 Å². The number of esters is 1. The van der Waals surface area contributed by atoms with E-state index in [1.807, 2.05) is 62.4 Å². The van der Waals surface area contributed by atoms with Crippen LogP contribution in [0.5, 0.6) is 0 Å². The summed E-state index contributed by atoms with van der Waals surface area (Å²) in [5.74, 6) is -2.88. The summed E-state index contributed by atoms with van der Waals surface area (Å²) < 4.78 is 12.2. The number of carbonyl (C=O) groups excluding carboxylic acids is 3. The zero-order valence-electron chi connectivity index (χ0n) is 24.4. The molecule has 1 N–H and O–H groups in total. The van der Waals surface area contributed by atoms with Crippen molar-refractivity contribution >= 4 is 23.5 Å². The number of aryl methyl sites for hydroxylation is 2. The molecule has 0 aromatic heterocycles. The lowest BCUT2D eigenvalue weighted by molar-refractivity contribution is -0.156. The van der Waals surface area contributed by atoms with Crippen LogP contribution in [0.3, 0.4) is 0 Å². The van der Waals surface area contributed by atoms with Crippen molar-refractivity contribution in [1.29, 1.82) is 0 Å². The smallest absolute Gasteiger partial charge is 0.312 e. The molecule has 2 unspecified atom stereocenters. The van der Waals surface area contributed by atoms with E-state index in [9.17, 15) is 19.5 Å². The summed E-state index contributed by atoms with van der Waals surface area (Å²) in [5, 5.41) is 10.7. The van der Waals surface area contributed by atoms with Gasteiger partial charge in [-0.2, -0.15) is 0 Å². The molecule has 3 aliphatic rings. The Morgan fingerprint density at radius 2 is 1.95 bits per heavy atom. The fourth-order valence-electron chi connectivity index (χ4n) is 7.09. The van der Waals surface area contributed by atoms with Gasteiger partial charge in [-0.05, 0) is 62.3 Å². The molecule has 5 rings (SSSR count). The molecule has 2 amide bonds. The molecule has 8 heteroatoms. The van der Waals surface area contributed by atoms with Gasteiger partial charge in [0.2, 0.25) is 5.91 Å². The topological polar surface area (TPSA) is 96.4 Å². The number of amides is 2. The van der Waals surface area contributed by atoms with Crippen LogP contribution < -0.4 is 4.90 Å². The van der Waals surface area contributed by atoms with E-state index in [0.717, 1.165) is 16.8 Å². The average molecular weight is 573 g/mol. The second kappa shape index (κ2) is 12.2. The third-order valence-electron chi connectivity index (χ3n) is 8.97. The van der Waals surface area contributed by atoms with Gasteiger partial charge in [0.25, 0.3) is 5.91 Å². The third kappa shape index (κ3) is 4.96. The van der Waals surface area contributed by atoms with Crippen molar-refractivity contribution in [2.45, 2.75) is 63.3 Å². The molecule has 2 bridgehead atoms. The Morgan fingerprint density at radius 1 is 1.19 bits per heavy atom. The molecule has 1 spiro atoms. The van der Waals surface area contributed by atoms with E-state index in [1.54, 1.807) is 17.1 Å². The van der Waals surface area contributed by atoms with Gasteiger partial charge < -0.3 is 24.4 Å². The molecular formula is C34H40N2O6. The molecule has 3 heterocycles. The number of carbonyl (C=O) groups is 3. The first kappa shape index (κ1) is 29.7. The van der Waals surface area contributed by atoms with Crippen LogP contribution in [0.25, 0.3) is 0 Å². The van der Waals surface area contributed by atoms with Gasteiger partial charge in [0.1, 0.15) is 11.6 Å². The molecule has 2 aromatic carbocycles. The number of allylic oxidation sites excluding steroid dienone is 1. The number of likely N-dealkylation sites (tertiary alicyclic amines) is 1. The number of ether oxygens (including phenoxy) is 2. The second-order valence-electron chi connectivity index (χ2n) is 11.5. The van der Waals surface area contributed by atoms with Crippen LogP contribution >= 0.6 is 0 Å². The number of unbranched alkanes of at least 4 members (excludes halogenated alkanes) is 1. The number of fused-ring (bicyclic) bond motifs is 1. The number of benzene rings is 2. The van der Waals surface area contributed by atoms with Crippen LogP contribution in [0.2, 0.25) is 0 Å². The average Bonchev–Trinajstić information content (AvgIpc) is 3.64. The molecule has 0 aliphatic carbocycles. The molecule has 3 fully saturated rings. The van der Waals surface area contributed by atoms with E-state index in [1.165, 1.54) is 4.90 Å². The van der Waals surface area contributed by atoms with E-state index in [-0.39, 0.29) is 25.0 Å². The zero-order chi connectivity index (χ0) is 30.0. The minimum atomic E-state index is -1.22. The summed E-state index contributed by atoms with van der Waals surface area (Å²) in [7, 11) is 0. The van der Waals surface area contributed by atoms with Crippen molar-refractivity contribution < 1.29 is 29.0 Å². The quantitative estimate of drug-likeness (QED) is 0.230. The summed E-state index contributed by atoms with van der Waals surface area (Å²) >= 11 is 0. The van der Waals surface area contributed by atoms with E-state index in [2.05, 4.69) is 13.2 Å². The lowest BCUT2D eigenvalue weighted by Gasteiger charge is -2.39. The second-order valence-corrected chi connectivity index (χ2v) is 11.5. The van der Waals surface area contributed by atoms with Crippen molar-refractivity contribution in [2.24, 2.45) is 11.8 Å². The van der Waals surface area contributed by atoms with Gasteiger partial charge in [-0.1, -0.05) is 54.6 Å². The SMILES string of the molecule is C=CCCCOC(=O)[C@@H]1[C@@H]2CCC3(O2)C(C(=O)N(CC=C)c2cc(C)ccc2C)N([C@H](CO)c2ccccc2)C(=O)[C@H]13. The van der Waals surface area contributed by atoms with Crippen LogP contribution in [0, 0.1) is 25.7 Å². The number of rotatable bonds is 12. The number of hydrogen-bond donors (Lipinski definition) is 1. The van der Waals surface area contributed by atoms with E-state index >= 15 is 0 Å². The molecule has 3 aliphatic heterocycles. The Balaban J connectivity index is 1.60. The van der Waals surface area contributed by atoms with Crippen molar-refractivity contribution in [3.8, 4) is 0 Å². The van der Waals surface area contributed by atoms with Crippen LogP contribution in [0.1, 0.15) is 48.4 Å². The molecule has 0 saturated carbocycles. The number of aliphatic hydroxyl groups is 1. The van der Waals surface area contributed by atoms with Crippen molar-refractivity contribution in [2.75, 3.05) is 24.7 Å². The Bertz CT molecular complexity index is 1360. The minimum Gasteiger partial charge on any atom is -0.465 e. The standard InChI is InChI=1S/C34H40N2O6/c1-5-7-11-19-41-33(40)28-27-16-17-34(42-27)29(28)31(38)36(26(21-37)24-12-9-8-10-13-24)30(34)32(39)35(18-6-2)25-20-22(3)14-15-23(25)4/h5-6,8-10,12-15,20,26-30,37H,1-2,7,11,16-19,21H2,3-4H3/t26-,27+,28-,29+,30?,34?/m1/s1. The maximum Gasteiger partial charge on any atom is 0.312 e. The number of aliphatic hydroxyl groups excluding tert-OH is 1. The first-order valence-electron chi connectivity index (χ1n) is 14.7. The highest BCUT2D eigenvalue weighted by atomic mass is 16.6. The highest BCUT2D eigenvalue weighted by molar-refractivity contribution is 6.05. The van der Waals surface area contributed by atoms with Gasteiger partial charge >= 0.3 is 5.97 Å². The largest absolute Gasteiger partial charge is 0.465 e. The Morgan fingerprint density at radius 3 is 2.64 bits per heavy atom. The Hall–Kier alpha value is -3.75. The third-order valence-corrected chi connectivity index (χ3v) is 8.97. The lowest BCUT2D eigenvalue weighted by atomic mass is 9.70. The van der Waals surface area contributed by atoms with Gasteiger partial charge in [0, 0.05) is 12.2 Å². The molecule has 2 aromatic rings. The summed E-state index contributed by atoms with van der Waals surface area (Å²) in [6.45, 7) is 11.5. The van der Waals surface area contributed by atoms with Gasteiger partial charge in [-0.25, -0.2) is 0 Å². The molecule has 222 valence electrons. The lowest BCUT2D eigenvalue weighted by Crippen LogP contribution is -2.57. The van der Waals surface area contributed by atoms with E-state index in [4.69, 9.17) is 9.47 Å². The van der Waals surface area contributed by atoms with Crippen molar-refractivity contribution in [3.05, 3.63) is 90.5 Å². The predicted molar refractivity (Wildman–Crippen MR) is 160 cm³/mol. The van der Waals surface area contributed by atoms with Crippen LogP contribution in [-0.4, -0.2) is 65.3 Å². The van der Waals surface area contributed by atoms with E-state index in [0.29, 0.717) is 31.2 Å². The predicted octanol–water partition coefficient (Wildman–Crippen LogP) is 4.44. The molecule has 42 heavy (non-hydrogen) atoms. The summed E-state index contributed by atoms with van der Waals surface area (Å²) in [6.07, 6.45) is 5.24. The van der Waals surface area contributed by atoms with Gasteiger partial charge in [-0.3, -0.25) is 14.4 Å². The number of anilines is 1. The fraction of sp³-hybridized carbons (Fsp3) is 0.441. The summed E-state index contributed by atoms with van der Waals surface area (Å²) in [4.78, 5) is 46.0. The molecular weight excluding hydrogens is 532 g/mol. The Labute approximate surface area is 247 Å². The van der Waals surface area contributed by atoms with Crippen LogP contribution in [0.15, 0.2) is 73.8 Å². The normalized spacial score (nSPS) is 26.5. The highest BCUT2D eigenvalue weighted by Crippen LogP contribution is 2.60. The minimum absolute atomic E-state index is 0.218. The maximum absolute atomic E-state index is 14.8. The monoisotopic (exact) mass is 572 g/mol. The van der Waals surface area contributed by atoms with Crippen molar-refractivity contribution in [1.82, 2.24) is 4.90 Å². The highest BCUT2D eigenvalue weighted by Gasteiger charge is 2.75. The first-order valence-corrected chi connectivity index (χ1v) is 14.7. The van der Waals surface area contributed by atoms with Gasteiger partial charge in [0.15, 0.2) is 0 Å². The zero-order valence-corrected chi connectivity index (χ0v) is 24.4. The van der Waals surface area contributed by atoms with Crippen molar-refractivity contribution in [3.63, 3.8) is 0 Å². The number of nitrogens with zero attached hydrogens (tertiary/aromatic N) is 2. The molecule has 6 atom stereocenters. The Kier molecular flexibility index (Phi) is 8.66. The molecule has 3 saturated heterocycles. The summed E-state index contributed by atoms with van der Waals surface area (Å²) in [5.41, 5.74) is 2.09.